The number of carbonyl (C=O) groups is 1. The molecule has 3 heteroatoms. The van der Waals surface area contributed by atoms with E-state index < -0.39 is 0 Å². The van der Waals surface area contributed by atoms with Gasteiger partial charge in [-0.1, -0.05) is 31.9 Å². The minimum absolute atomic E-state index is 0.216. The Morgan fingerprint density at radius 2 is 2.22 bits per heavy atom. The first-order chi connectivity index (χ1) is 8.76. The molecule has 1 rings (SSSR count). The van der Waals surface area contributed by atoms with E-state index in [1.54, 1.807) is 0 Å². The second-order valence-corrected chi connectivity index (χ2v) is 5.32. The molecule has 0 aliphatic heterocycles. The summed E-state index contributed by atoms with van der Waals surface area (Å²) in [4.78, 5) is 11.9. The predicted octanol–water partition coefficient (Wildman–Crippen LogP) is 2.76. The molecule has 18 heavy (non-hydrogen) atoms. The molecule has 0 heterocycles. The lowest BCUT2D eigenvalue weighted by Gasteiger charge is -2.20. The lowest BCUT2D eigenvalue weighted by molar-refractivity contribution is -0.122. The first-order valence-electron chi connectivity index (χ1n) is 7.40. The topological polar surface area (TPSA) is 55.1 Å². The second-order valence-electron chi connectivity index (χ2n) is 5.32. The first-order valence-corrected chi connectivity index (χ1v) is 7.40. The lowest BCUT2D eigenvalue weighted by atomic mass is 9.94. The van der Waals surface area contributed by atoms with Gasteiger partial charge in [0.15, 0.2) is 0 Å². The van der Waals surface area contributed by atoms with Crippen molar-refractivity contribution in [3.63, 3.8) is 0 Å². The Bertz CT molecular complexity index is 257. The summed E-state index contributed by atoms with van der Waals surface area (Å²) in [6, 6.07) is 0.363. The van der Waals surface area contributed by atoms with Crippen molar-refractivity contribution >= 4 is 5.91 Å². The van der Waals surface area contributed by atoms with Crippen molar-refractivity contribution in [2.45, 2.75) is 64.3 Å². The highest BCUT2D eigenvalue weighted by Gasteiger charge is 2.14. The molecular formula is C15H28N2O. The van der Waals surface area contributed by atoms with Crippen molar-refractivity contribution in [2.75, 3.05) is 6.54 Å². The summed E-state index contributed by atoms with van der Waals surface area (Å²) in [5, 5.41) is 3.14. The van der Waals surface area contributed by atoms with Gasteiger partial charge < -0.3 is 11.1 Å². The van der Waals surface area contributed by atoms with Crippen molar-refractivity contribution < 1.29 is 4.79 Å². The number of hydrogen-bond acceptors (Lipinski definition) is 2. The zero-order chi connectivity index (χ0) is 13.2. The zero-order valence-electron chi connectivity index (χ0n) is 11.7. The monoisotopic (exact) mass is 252 g/mol. The third-order valence-electron chi connectivity index (χ3n) is 3.69. The van der Waals surface area contributed by atoms with E-state index in [0.717, 1.165) is 38.6 Å². The van der Waals surface area contributed by atoms with Gasteiger partial charge in [-0.05, 0) is 44.6 Å². The van der Waals surface area contributed by atoms with Gasteiger partial charge in [0.2, 0.25) is 5.91 Å². The average molecular weight is 252 g/mol. The summed E-state index contributed by atoms with van der Waals surface area (Å²) in [7, 11) is 0. The predicted molar refractivity (Wildman–Crippen MR) is 76.2 cm³/mol. The molecule has 3 N–H and O–H groups in total. The van der Waals surface area contributed by atoms with Gasteiger partial charge in [-0.2, -0.15) is 0 Å². The fourth-order valence-electron chi connectivity index (χ4n) is 2.64. The van der Waals surface area contributed by atoms with E-state index >= 15 is 0 Å². The van der Waals surface area contributed by atoms with E-state index in [2.05, 4.69) is 24.4 Å². The van der Waals surface area contributed by atoms with Crippen LogP contribution >= 0.6 is 0 Å². The average Bonchev–Trinajstić information content (AvgIpc) is 2.38. The highest BCUT2D eigenvalue weighted by Crippen LogP contribution is 2.17. The quantitative estimate of drug-likeness (QED) is 0.653. The highest BCUT2D eigenvalue weighted by atomic mass is 16.1. The van der Waals surface area contributed by atoms with E-state index in [1.165, 1.54) is 12.8 Å². The van der Waals surface area contributed by atoms with Gasteiger partial charge in [0.25, 0.3) is 0 Å². The largest absolute Gasteiger partial charge is 0.353 e. The Morgan fingerprint density at radius 3 is 2.83 bits per heavy atom. The number of nitrogens with one attached hydrogen (secondary N) is 1. The fourth-order valence-corrected chi connectivity index (χ4v) is 2.64. The van der Waals surface area contributed by atoms with Crippen LogP contribution in [-0.2, 0) is 4.79 Å². The number of amides is 1. The van der Waals surface area contributed by atoms with Gasteiger partial charge in [0.1, 0.15) is 0 Å². The highest BCUT2D eigenvalue weighted by molar-refractivity contribution is 5.76. The van der Waals surface area contributed by atoms with Crippen LogP contribution in [0.5, 0.6) is 0 Å². The molecule has 0 aromatic heterocycles. The van der Waals surface area contributed by atoms with Crippen LogP contribution in [0.1, 0.15) is 58.3 Å². The van der Waals surface area contributed by atoms with Crippen LogP contribution in [-0.4, -0.2) is 18.5 Å². The molecule has 1 aliphatic rings. The summed E-state index contributed by atoms with van der Waals surface area (Å²) in [5.41, 5.74) is 5.61. The second kappa shape index (κ2) is 9.15. The van der Waals surface area contributed by atoms with Crippen LogP contribution in [0.2, 0.25) is 0 Å². The molecule has 0 bridgehead atoms. The van der Waals surface area contributed by atoms with Crippen LogP contribution in [0.25, 0.3) is 0 Å². The third-order valence-corrected chi connectivity index (χ3v) is 3.69. The van der Waals surface area contributed by atoms with Crippen molar-refractivity contribution in [3.05, 3.63) is 12.2 Å². The Kier molecular flexibility index (Phi) is 7.74. The Labute approximate surface area is 111 Å². The molecule has 104 valence electrons. The van der Waals surface area contributed by atoms with Crippen molar-refractivity contribution in [1.29, 1.82) is 0 Å². The molecule has 1 aliphatic carbocycles. The molecule has 0 saturated carbocycles. The smallest absolute Gasteiger partial charge is 0.220 e. The van der Waals surface area contributed by atoms with Gasteiger partial charge >= 0.3 is 0 Å². The van der Waals surface area contributed by atoms with Gasteiger partial charge in [-0.25, -0.2) is 0 Å². The maximum absolute atomic E-state index is 11.9. The SMILES string of the molecule is CCCC(CCN)CCC(=O)NC1CC=CCC1. The van der Waals surface area contributed by atoms with Crippen LogP contribution in [0.3, 0.4) is 0 Å². The lowest BCUT2D eigenvalue weighted by Crippen LogP contribution is -2.35. The number of carbonyl (C=O) groups excluding carboxylic acids is 1. The number of allylic oxidation sites excluding steroid dienone is 1. The molecule has 0 saturated heterocycles. The minimum Gasteiger partial charge on any atom is -0.353 e. The Morgan fingerprint density at radius 1 is 1.39 bits per heavy atom. The third kappa shape index (κ3) is 6.20. The molecule has 2 atom stereocenters. The number of rotatable bonds is 8. The molecule has 0 radical (unpaired) electrons. The molecule has 2 unspecified atom stereocenters. The van der Waals surface area contributed by atoms with E-state index in [1.807, 2.05) is 0 Å². The Balaban J connectivity index is 2.19. The fraction of sp³-hybridized carbons (Fsp3) is 0.800. The zero-order valence-corrected chi connectivity index (χ0v) is 11.7. The molecular weight excluding hydrogens is 224 g/mol. The summed E-state index contributed by atoms with van der Waals surface area (Å²) in [6.45, 7) is 2.93. The molecule has 3 nitrogen and oxygen atoms in total. The van der Waals surface area contributed by atoms with Crippen LogP contribution in [0.4, 0.5) is 0 Å². The van der Waals surface area contributed by atoms with Crippen molar-refractivity contribution in [2.24, 2.45) is 11.7 Å². The van der Waals surface area contributed by atoms with Gasteiger partial charge in [-0.3, -0.25) is 4.79 Å². The van der Waals surface area contributed by atoms with Crippen LogP contribution < -0.4 is 11.1 Å². The van der Waals surface area contributed by atoms with Crippen LogP contribution in [0, 0.1) is 5.92 Å². The maximum Gasteiger partial charge on any atom is 0.220 e. The van der Waals surface area contributed by atoms with E-state index in [-0.39, 0.29) is 5.91 Å². The maximum atomic E-state index is 11.9. The molecule has 0 aromatic rings. The summed E-state index contributed by atoms with van der Waals surface area (Å²) >= 11 is 0. The van der Waals surface area contributed by atoms with Crippen molar-refractivity contribution in [3.8, 4) is 0 Å². The van der Waals surface area contributed by atoms with E-state index in [9.17, 15) is 4.79 Å². The normalized spacial score (nSPS) is 20.7. The van der Waals surface area contributed by atoms with Crippen LogP contribution in [0.15, 0.2) is 12.2 Å². The summed E-state index contributed by atoms with van der Waals surface area (Å²) < 4.78 is 0. The minimum atomic E-state index is 0.216. The molecule has 1 amide bonds. The van der Waals surface area contributed by atoms with Gasteiger partial charge in [-0.15, -0.1) is 0 Å². The number of nitrogens with two attached hydrogens (primary N) is 1. The molecule has 0 fully saturated rings. The summed E-state index contributed by atoms with van der Waals surface area (Å²) in [6.07, 6.45) is 12.6. The van der Waals surface area contributed by atoms with E-state index in [4.69, 9.17) is 5.73 Å². The van der Waals surface area contributed by atoms with Gasteiger partial charge in [0, 0.05) is 12.5 Å². The van der Waals surface area contributed by atoms with Crippen molar-refractivity contribution in [1.82, 2.24) is 5.32 Å². The van der Waals surface area contributed by atoms with E-state index in [0.29, 0.717) is 18.4 Å². The standard InChI is InChI=1S/C15H28N2O/c1-2-6-13(11-12-16)9-10-15(18)17-14-7-4-3-5-8-14/h3-4,13-14H,2,5-12,16H2,1H3,(H,17,18). The summed E-state index contributed by atoms with van der Waals surface area (Å²) in [5.74, 6) is 0.838. The van der Waals surface area contributed by atoms with Gasteiger partial charge in [0.05, 0.1) is 0 Å². The number of hydrogen-bond donors (Lipinski definition) is 2. The first kappa shape index (κ1) is 15.2. The Hall–Kier alpha value is -0.830. The molecule has 0 spiro atoms. The molecule has 0 aromatic carbocycles.